The van der Waals surface area contributed by atoms with E-state index in [9.17, 15) is 0 Å². The van der Waals surface area contributed by atoms with Crippen molar-refractivity contribution in [2.75, 3.05) is 0 Å². The van der Waals surface area contributed by atoms with E-state index in [1.165, 1.54) is 0 Å². The fourth-order valence-corrected chi connectivity index (χ4v) is 0. The molecule has 0 atom stereocenters. The maximum atomic E-state index is 4.76. The summed E-state index contributed by atoms with van der Waals surface area (Å²) in [5, 5.41) is 0. The molecular weight excluding hydrogens is 233 g/mol. The second-order valence-corrected chi connectivity index (χ2v) is 1.87. The van der Waals surface area contributed by atoms with Crippen LogP contribution in [0.3, 0.4) is 0 Å². The van der Waals surface area contributed by atoms with Crippen LogP contribution in [0, 0.1) is 0 Å². The minimum Gasteiger partial charge on any atom is 0 e. The standard InChI is InChI=1S/2ClH.Fe.Pd/h2*1H;;/q;;+2;/p-2. The molecule has 0 heterocycles. The van der Waals surface area contributed by atoms with Crippen LogP contribution >= 0.6 is 20.2 Å². The molecule has 0 saturated carbocycles. The molecule has 32 valence electrons. The Morgan fingerprint density at radius 2 is 1.25 bits per heavy atom. The van der Waals surface area contributed by atoms with Crippen molar-refractivity contribution >= 4 is 20.2 Å². The quantitative estimate of drug-likeness (QED) is 0.554. The van der Waals surface area contributed by atoms with Gasteiger partial charge in [-0.05, 0) is 0 Å². The smallest absolute Gasteiger partial charge is 0 e. The van der Waals surface area contributed by atoms with Crippen LogP contribution in [0.5, 0.6) is 0 Å². The molecule has 0 saturated heterocycles. The van der Waals surface area contributed by atoms with Gasteiger partial charge in [-0.25, -0.2) is 0 Å². The first-order valence-electron chi connectivity index (χ1n) is 0.267. The Kier molecular flexibility index (Phi) is 20.4. The van der Waals surface area contributed by atoms with Gasteiger partial charge in [0, 0.05) is 20.4 Å². The molecule has 0 aliphatic heterocycles. The minimum atomic E-state index is 0. The predicted octanol–water partition coefficient (Wildman–Crippen LogP) is 1.37. The van der Waals surface area contributed by atoms with Gasteiger partial charge in [0.15, 0.2) is 0 Å². The van der Waals surface area contributed by atoms with Crippen molar-refractivity contribution in [2.45, 2.75) is 0 Å². The maximum absolute atomic E-state index is 4.76. The molecule has 0 aromatic heterocycles. The summed E-state index contributed by atoms with van der Waals surface area (Å²) in [5.74, 6) is 0. The van der Waals surface area contributed by atoms with Gasteiger partial charge in [-0.1, -0.05) is 0 Å². The summed E-state index contributed by atoms with van der Waals surface area (Å²) in [6.07, 6.45) is 0. The third-order valence-electron chi connectivity index (χ3n) is 0. The second-order valence-electron chi connectivity index (χ2n) is 0.0505. The molecule has 0 unspecified atom stereocenters. The van der Waals surface area contributed by atoms with Crippen LogP contribution in [0.4, 0.5) is 0 Å². The van der Waals surface area contributed by atoms with Crippen LogP contribution in [0.2, 0.25) is 0 Å². The first-order chi connectivity index (χ1) is 1.41. The molecule has 0 aliphatic rings. The molecule has 0 fully saturated rings. The third-order valence-corrected chi connectivity index (χ3v) is 0. The molecule has 0 spiro atoms. The molecule has 4 heavy (non-hydrogen) atoms. The van der Waals surface area contributed by atoms with E-state index in [4.69, 9.17) is 20.2 Å². The fourth-order valence-electron chi connectivity index (χ4n) is 0. The summed E-state index contributed by atoms with van der Waals surface area (Å²) in [4.78, 5) is 0. The SMILES string of the molecule is [Cl][Fe][Cl].[Pd]. The zero-order chi connectivity index (χ0) is 2.71. The van der Waals surface area contributed by atoms with E-state index in [2.05, 4.69) is 0 Å². The number of rotatable bonds is 0. The van der Waals surface area contributed by atoms with E-state index in [1.807, 2.05) is 0 Å². The first kappa shape index (κ1) is 9.23. The summed E-state index contributed by atoms with van der Waals surface area (Å²) >= 11 is 0.194. The Hall–Kier alpha value is 1.76. The molecule has 0 aliphatic carbocycles. The molecule has 0 aromatic carbocycles. The molecular formula is Cl2FePd. The van der Waals surface area contributed by atoms with E-state index in [0.717, 1.165) is 0 Å². The normalized spacial score (nSPS) is 5.50. The van der Waals surface area contributed by atoms with Gasteiger partial charge in [-0.15, -0.1) is 0 Å². The van der Waals surface area contributed by atoms with Gasteiger partial charge in [0.05, 0.1) is 0 Å². The van der Waals surface area contributed by atoms with E-state index in [1.54, 1.807) is 0 Å². The van der Waals surface area contributed by atoms with Crippen LogP contribution in [0.15, 0.2) is 0 Å². The third kappa shape index (κ3) is 9.24. The largest absolute Gasteiger partial charge is 0 e. The molecule has 0 N–H and O–H groups in total. The van der Waals surface area contributed by atoms with Crippen molar-refractivity contribution in [3.8, 4) is 0 Å². The number of halogens is 2. The van der Waals surface area contributed by atoms with Gasteiger partial charge in [0.1, 0.15) is 0 Å². The minimum absolute atomic E-state index is 0. The van der Waals surface area contributed by atoms with Crippen LogP contribution in [0.1, 0.15) is 0 Å². The van der Waals surface area contributed by atoms with Gasteiger partial charge in [0.25, 0.3) is 0 Å². The van der Waals surface area contributed by atoms with Crippen molar-refractivity contribution in [3.63, 3.8) is 0 Å². The summed E-state index contributed by atoms with van der Waals surface area (Å²) in [7, 11) is 9.53. The van der Waals surface area contributed by atoms with Gasteiger partial charge < -0.3 is 0 Å². The Morgan fingerprint density at radius 1 is 1.25 bits per heavy atom. The van der Waals surface area contributed by atoms with E-state index in [-0.39, 0.29) is 33.6 Å². The van der Waals surface area contributed by atoms with Crippen molar-refractivity contribution in [1.29, 1.82) is 0 Å². The Labute approximate surface area is 53.5 Å². The molecule has 0 amide bonds. The van der Waals surface area contributed by atoms with E-state index in [0.29, 0.717) is 0 Å². The average Bonchev–Trinajstić information content (AvgIpc) is 0.918. The first-order valence-corrected chi connectivity index (χ1v) is 3.31. The summed E-state index contributed by atoms with van der Waals surface area (Å²) < 4.78 is 0. The van der Waals surface area contributed by atoms with E-state index < -0.39 is 0 Å². The predicted molar refractivity (Wildman–Crippen MR) is 11.7 cm³/mol. The van der Waals surface area contributed by atoms with Gasteiger partial charge >= 0.3 is 33.3 Å². The number of hydrogen-bond acceptors (Lipinski definition) is 0. The van der Waals surface area contributed by atoms with Crippen molar-refractivity contribution in [3.05, 3.63) is 0 Å². The summed E-state index contributed by atoms with van der Waals surface area (Å²) in [6.45, 7) is 0. The fraction of sp³-hybridized carbons (Fsp3) is 0. The van der Waals surface area contributed by atoms with Crippen molar-refractivity contribution < 1.29 is 33.6 Å². The summed E-state index contributed by atoms with van der Waals surface area (Å²) in [5.41, 5.74) is 0. The van der Waals surface area contributed by atoms with E-state index >= 15 is 0 Å². The molecule has 0 rings (SSSR count). The average molecular weight is 233 g/mol. The zero-order valence-electron chi connectivity index (χ0n) is 1.43. The monoisotopic (exact) mass is 232 g/mol. The van der Waals surface area contributed by atoms with Crippen LogP contribution in [0.25, 0.3) is 0 Å². The Balaban J connectivity index is 0. The van der Waals surface area contributed by atoms with Crippen molar-refractivity contribution in [2.24, 2.45) is 0 Å². The number of hydrogen-bond donors (Lipinski definition) is 0. The zero-order valence-corrected chi connectivity index (χ0v) is 5.60. The topological polar surface area (TPSA) is 0 Å². The van der Waals surface area contributed by atoms with Crippen LogP contribution in [-0.4, -0.2) is 0 Å². The maximum Gasteiger partial charge on any atom is 0 e. The molecule has 0 bridgehead atoms. The van der Waals surface area contributed by atoms with Crippen LogP contribution in [-0.2, 0) is 33.6 Å². The molecule has 4 heteroatoms. The molecule has 0 radical (unpaired) electrons. The second kappa shape index (κ2) is 8.83. The Bertz CT molecular complexity index is 6.00. The van der Waals surface area contributed by atoms with Gasteiger partial charge in [-0.3, -0.25) is 0 Å². The molecule has 0 aromatic rings. The van der Waals surface area contributed by atoms with Crippen LogP contribution < -0.4 is 0 Å². The molecule has 0 nitrogen and oxygen atoms in total. The Morgan fingerprint density at radius 3 is 1.25 bits per heavy atom. The van der Waals surface area contributed by atoms with Gasteiger partial charge in [0.2, 0.25) is 0 Å². The van der Waals surface area contributed by atoms with Gasteiger partial charge in [-0.2, -0.15) is 0 Å². The van der Waals surface area contributed by atoms with Crippen molar-refractivity contribution in [1.82, 2.24) is 0 Å². The summed E-state index contributed by atoms with van der Waals surface area (Å²) in [6, 6.07) is 0.